The molecule has 1 aliphatic heterocycles. The monoisotopic (exact) mass is 579 g/mol. The molecule has 10 nitrogen and oxygen atoms in total. The number of thiazole rings is 1. The molecule has 0 unspecified atom stereocenters. The van der Waals surface area contributed by atoms with E-state index < -0.39 is 6.03 Å². The van der Waals surface area contributed by atoms with Crippen LogP contribution in [-0.4, -0.2) is 57.6 Å². The van der Waals surface area contributed by atoms with Gasteiger partial charge in [-0.3, -0.25) is 14.5 Å². The van der Waals surface area contributed by atoms with Crippen molar-refractivity contribution in [3.8, 4) is 11.3 Å². The molecule has 0 spiro atoms. The number of hydrogen-bond acceptors (Lipinski definition) is 7. The second-order valence-electron chi connectivity index (χ2n) is 10.6. The zero-order chi connectivity index (χ0) is 27.1. The maximum Gasteiger partial charge on any atom is 0.324 e. The first-order chi connectivity index (χ1) is 18.7. The summed E-state index contributed by atoms with van der Waals surface area (Å²) < 4.78 is 8.39. The maximum atomic E-state index is 12.9. The number of imidazole rings is 1. The summed E-state index contributed by atoms with van der Waals surface area (Å²) >= 11 is 1.56. The van der Waals surface area contributed by atoms with Crippen LogP contribution >= 0.6 is 23.7 Å². The lowest BCUT2D eigenvalue weighted by Gasteiger charge is -2.27. The molecule has 3 N–H and O–H groups in total. The summed E-state index contributed by atoms with van der Waals surface area (Å²) in [7, 11) is 0. The minimum absolute atomic E-state index is 0. The van der Waals surface area contributed by atoms with Gasteiger partial charge < -0.3 is 20.1 Å². The third kappa shape index (κ3) is 5.53. The Bertz CT molecular complexity index is 1680. The number of fused-ring (bicyclic) bond motifs is 3. The molecule has 40 heavy (non-hydrogen) atoms. The first-order valence-electron chi connectivity index (χ1n) is 12.8. The number of urea groups is 1. The van der Waals surface area contributed by atoms with Crippen LogP contribution in [0.15, 0.2) is 59.3 Å². The van der Waals surface area contributed by atoms with E-state index in [-0.39, 0.29) is 23.7 Å². The van der Waals surface area contributed by atoms with Crippen LogP contribution in [0, 0.1) is 0 Å². The number of amides is 3. The predicted octanol–water partition coefficient (Wildman–Crippen LogP) is 5.61. The molecule has 1 saturated heterocycles. The van der Waals surface area contributed by atoms with Gasteiger partial charge in [-0.15, -0.1) is 12.4 Å². The van der Waals surface area contributed by atoms with Gasteiger partial charge in [-0.1, -0.05) is 49.4 Å². The molecule has 12 heteroatoms. The Labute approximate surface area is 241 Å². The maximum absolute atomic E-state index is 12.9. The molecule has 0 saturated carbocycles. The van der Waals surface area contributed by atoms with Gasteiger partial charge in [0.05, 0.1) is 15.9 Å². The fourth-order valence-electron chi connectivity index (χ4n) is 4.51. The van der Waals surface area contributed by atoms with Gasteiger partial charge in [0, 0.05) is 60.7 Å². The highest BCUT2D eigenvalue weighted by Gasteiger charge is 2.21. The molecule has 0 radical (unpaired) electrons. The van der Waals surface area contributed by atoms with E-state index in [2.05, 4.69) is 25.5 Å². The van der Waals surface area contributed by atoms with Gasteiger partial charge in [0.25, 0.3) is 5.91 Å². The predicted molar refractivity (Wildman–Crippen MR) is 160 cm³/mol. The molecule has 208 valence electrons. The second kappa shape index (κ2) is 10.9. The number of carbonyl (C=O) groups is 2. The van der Waals surface area contributed by atoms with Crippen molar-refractivity contribution in [1.29, 1.82) is 0 Å². The van der Waals surface area contributed by atoms with Gasteiger partial charge in [-0.25, -0.2) is 9.78 Å². The standard InChI is InChI=1S/C28H29N7O3S.ClH/c1-28(2,3)23-15-24(33-38-23)32-26(37)30-19-7-4-17(5-8-19)20-16-35-21-9-6-18(14-22(21)39-27(35)31-20)25(36)34-12-10-29-11-13-34;/h4-9,14-16,29H,10-13H2,1-3H3,(H2,30,32,33,37);1H. The zero-order valence-electron chi connectivity index (χ0n) is 22.4. The molecule has 5 aromatic rings. The first-order valence-corrected chi connectivity index (χ1v) is 13.6. The van der Waals surface area contributed by atoms with E-state index >= 15 is 0 Å². The lowest BCUT2D eigenvalue weighted by molar-refractivity contribution is 0.0736. The van der Waals surface area contributed by atoms with Crippen LogP contribution in [-0.2, 0) is 5.41 Å². The van der Waals surface area contributed by atoms with E-state index in [4.69, 9.17) is 9.51 Å². The quantitative estimate of drug-likeness (QED) is 0.255. The Morgan fingerprint density at radius 1 is 1.02 bits per heavy atom. The van der Waals surface area contributed by atoms with Crippen molar-refractivity contribution in [2.24, 2.45) is 0 Å². The van der Waals surface area contributed by atoms with E-state index in [9.17, 15) is 9.59 Å². The largest absolute Gasteiger partial charge is 0.359 e. The number of anilines is 2. The highest BCUT2D eigenvalue weighted by atomic mass is 35.5. The lowest BCUT2D eigenvalue weighted by Crippen LogP contribution is -2.46. The third-order valence-electron chi connectivity index (χ3n) is 6.67. The minimum Gasteiger partial charge on any atom is -0.359 e. The van der Waals surface area contributed by atoms with E-state index in [1.165, 1.54) is 0 Å². The average Bonchev–Trinajstić information content (AvgIpc) is 3.64. The summed E-state index contributed by atoms with van der Waals surface area (Å²) in [5, 5.41) is 12.7. The molecule has 2 aromatic carbocycles. The number of carbonyl (C=O) groups excluding carboxylic acids is 2. The molecule has 0 bridgehead atoms. The van der Waals surface area contributed by atoms with Gasteiger partial charge in [0.1, 0.15) is 5.76 Å². The Hall–Kier alpha value is -3.93. The van der Waals surface area contributed by atoms with Crippen molar-refractivity contribution >= 4 is 62.4 Å². The van der Waals surface area contributed by atoms with Gasteiger partial charge in [-0.05, 0) is 30.3 Å². The fraction of sp³-hybridized carbons (Fsp3) is 0.286. The molecule has 6 rings (SSSR count). The topological polar surface area (TPSA) is 117 Å². The number of nitrogens with one attached hydrogen (secondary N) is 3. The van der Waals surface area contributed by atoms with Crippen molar-refractivity contribution in [2.75, 3.05) is 36.8 Å². The molecular weight excluding hydrogens is 550 g/mol. The smallest absolute Gasteiger partial charge is 0.324 e. The molecule has 4 heterocycles. The summed E-state index contributed by atoms with van der Waals surface area (Å²) in [5.41, 5.74) is 3.94. The average molecular weight is 580 g/mol. The highest BCUT2D eigenvalue weighted by molar-refractivity contribution is 7.23. The van der Waals surface area contributed by atoms with Crippen LogP contribution < -0.4 is 16.0 Å². The number of halogens is 1. The van der Waals surface area contributed by atoms with Crippen LogP contribution in [0.1, 0.15) is 36.9 Å². The Morgan fingerprint density at radius 3 is 2.48 bits per heavy atom. The van der Waals surface area contributed by atoms with Gasteiger partial charge in [-0.2, -0.15) is 0 Å². The Balaban J connectivity index is 0.00000323. The number of aromatic nitrogens is 3. The van der Waals surface area contributed by atoms with Gasteiger partial charge in [0.15, 0.2) is 10.8 Å². The highest BCUT2D eigenvalue weighted by Crippen LogP contribution is 2.31. The number of rotatable bonds is 4. The number of nitrogens with zero attached hydrogens (tertiary/aromatic N) is 4. The van der Waals surface area contributed by atoms with Crippen LogP contribution in [0.2, 0.25) is 0 Å². The normalized spacial score (nSPS) is 13.8. The van der Waals surface area contributed by atoms with Crippen molar-refractivity contribution in [1.82, 2.24) is 24.8 Å². The molecule has 0 aliphatic carbocycles. The minimum atomic E-state index is -0.403. The first kappa shape index (κ1) is 27.6. The van der Waals surface area contributed by atoms with Crippen molar-refractivity contribution in [2.45, 2.75) is 26.2 Å². The Kier molecular flexibility index (Phi) is 7.54. The number of piperazine rings is 1. The number of hydrogen-bond donors (Lipinski definition) is 3. The summed E-state index contributed by atoms with van der Waals surface area (Å²) in [6.07, 6.45) is 2.00. The SMILES string of the molecule is CC(C)(C)c1cc(NC(=O)Nc2ccc(-c3cn4c(n3)sc3cc(C(=O)N5CCNCC5)ccc34)cc2)no1.Cl. The van der Waals surface area contributed by atoms with Gasteiger partial charge in [0.2, 0.25) is 0 Å². The zero-order valence-corrected chi connectivity index (χ0v) is 24.0. The van der Waals surface area contributed by atoms with Crippen molar-refractivity contribution in [3.05, 3.63) is 66.1 Å². The molecule has 1 aliphatic rings. The van der Waals surface area contributed by atoms with Crippen LogP contribution in [0.25, 0.3) is 26.4 Å². The molecule has 3 amide bonds. The van der Waals surface area contributed by atoms with Crippen molar-refractivity contribution < 1.29 is 14.1 Å². The van der Waals surface area contributed by atoms with Crippen LogP contribution in [0.4, 0.5) is 16.3 Å². The lowest BCUT2D eigenvalue weighted by atomic mass is 9.93. The number of benzene rings is 2. The summed E-state index contributed by atoms with van der Waals surface area (Å²) in [4.78, 5) is 32.9. The van der Waals surface area contributed by atoms with Crippen LogP contribution in [0.5, 0.6) is 0 Å². The van der Waals surface area contributed by atoms with E-state index in [1.54, 1.807) is 17.4 Å². The molecular formula is C28H30ClN7O3S. The Morgan fingerprint density at radius 2 is 1.77 bits per heavy atom. The van der Waals surface area contributed by atoms with Crippen molar-refractivity contribution in [3.63, 3.8) is 0 Å². The molecule has 1 fully saturated rings. The molecule has 3 aromatic heterocycles. The summed E-state index contributed by atoms with van der Waals surface area (Å²) in [5.74, 6) is 1.13. The summed E-state index contributed by atoms with van der Waals surface area (Å²) in [6.45, 7) is 9.15. The fourth-order valence-corrected chi connectivity index (χ4v) is 5.56. The van der Waals surface area contributed by atoms with E-state index in [1.807, 2.05) is 74.3 Å². The van der Waals surface area contributed by atoms with Crippen LogP contribution in [0.3, 0.4) is 0 Å². The second-order valence-corrected chi connectivity index (χ2v) is 11.6. The van der Waals surface area contributed by atoms with E-state index in [0.29, 0.717) is 22.8 Å². The van der Waals surface area contributed by atoms with Gasteiger partial charge >= 0.3 is 6.03 Å². The summed E-state index contributed by atoms with van der Waals surface area (Å²) in [6, 6.07) is 14.7. The van der Waals surface area contributed by atoms with E-state index in [0.717, 1.165) is 52.6 Å². The molecule has 0 atom stereocenters. The third-order valence-corrected chi connectivity index (χ3v) is 7.69.